The highest BCUT2D eigenvalue weighted by atomic mass is 32.2. The van der Waals surface area contributed by atoms with E-state index < -0.39 is 23.1 Å². The number of para-hydroxylation sites is 2. The van der Waals surface area contributed by atoms with Crippen LogP contribution in [0.15, 0.2) is 85.2 Å². The molecule has 2 saturated heterocycles. The van der Waals surface area contributed by atoms with Gasteiger partial charge in [-0.15, -0.1) is 0 Å². The van der Waals surface area contributed by atoms with Crippen LogP contribution >= 0.6 is 7.44 Å². The third kappa shape index (κ3) is 4.19. The molecule has 33 heavy (non-hydrogen) atoms. The van der Waals surface area contributed by atoms with Gasteiger partial charge in [0.2, 0.25) is 0 Å². The third-order valence-electron chi connectivity index (χ3n) is 6.37. The Morgan fingerprint density at radius 2 is 1.21 bits per heavy atom. The summed E-state index contributed by atoms with van der Waals surface area (Å²) in [6.45, 7) is 1.93. The van der Waals surface area contributed by atoms with Gasteiger partial charge in [0.1, 0.15) is 5.78 Å². The van der Waals surface area contributed by atoms with Gasteiger partial charge in [0, 0.05) is 49.9 Å². The number of sulfone groups is 1. The minimum atomic E-state index is -3.31. The number of hydrogen-bond acceptors (Lipinski definition) is 5. The molecule has 3 heterocycles. The van der Waals surface area contributed by atoms with Crippen LogP contribution in [0.3, 0.4) is 0 Å². The Morgan fingerprint density at radius 3 is 1.70 bits per heavy atom. The van der Waals surface area contributed by atoms with Gasteiger partial charge >= 0.3 is 0 Å². The number of aromatic nitrogens is 1. The van der Waals surface area contributed by atoms with E-state index in [1.165, 1.54) is 0 Å². The summed E-state index contributed by atoms with van der Waals surface area (Å²) in [6, 6.07) is 23.5. The van der Waals surface area contributed by atoms with Crippen LogP contribution in [0.25, 0.3) is 0 Å². The van der Waals surface area contributed by atoms with Crippen molar-refractivity contribution in [2.45, 2.75) is 5.78 Å². The monoisotopic (exact) mass is 482 g/mol. The van der Waals surface area contributed by atoms with Gasteiger partial charge in [0.15, 0.2) is 9.84 Å². The fraction of sp³-hybridized carbons (Fsp3) is 0.292. The predicted octanol–water partition coefficient (Wildman–Crippen LogP) is 4.03. The van der Waals surface area contributed by atoms with E-state index in [2.05, 4.69) is 9.88 Å². The summed E-state index contributed by atoms with van der Waals surface area (Å²) in [5.74, 6) is -0.338. The zero-order valence-corrected chi connectivity index (χ0v) is 20.0. The molecule has 2 aromatic carbocycles. The lowest BCUT2D eigenvalue weighted by molar-refractivity contribution is 0.267. The summed E-state index contributed by atoms with van der Waals surface area (Å²) in [5, 5.41) is 0. The van der Waals surface area contributed by atoms with Crippen LogP contribution in [0.5, 0.6) is 0 Å². The number of rotatable bonds is 5. The first-order chi connectivity index (χ1) is 16.0. The van der Waals surface area contributed by atoms with E-state index >= 15 is 4.57 Å². The van der Waals surface area contributed by atoms with Gasteiger partial charge in [-0.3, -0.25) is 14.4 Å². The van der Waals surface area contributed by atoms with Crippen LogP contribution < -0.4 is 9.34 Å². The lowest BCUT2D eigenvalue weighted by Crippen LogP contribution is -2.44. The van der Waals surface area contributed by atoms with E-state index in [1.54, 1.807) is 12.4 Å². The first kappa shape index (κ1) is 22.1. The second-order valence-electron chi connectivity index (χ2n) is 8.35. The van der Waals surface area contributed by atoms with E-state index in [0.717, 1.165) is 16.9 Å². The highest BCUT2D eigenvalue weighted by Gasteiger charge is 2.52. The quantitative estimate of drug-likeness (QED) is 0.509. The van der Waals surface area contributed by atoms with Crippen LogP contribution in [0.1, 0.15) is 11.3 Å². The molecular weight excluding hydrogens is 455 g/mol. The van der Waals surface area contributed by atoms with Crippen molar-refractivity contribution in [1.29, 1.82) is 0 Å². The zero-order valence-electron chi connectivity index (χ0n) is 18.3. The van der Waals surface area contributed by atoms with Crippen LogP contribution in [0.2, 0.25) is 0 Å². The van der Waals surface area contributed by atoms with Crippen molar-refractivity contribution in [1.82, 2.24) is 9.88 Å². The Labute approximate surface area is 195 Å². The van der Waals surface area contributed by atoms with Crippen LogP contribution in [-0.4, -0.2) is 56.0 Å². The van der Waals surface area contributed by atoms with Gasteiger partial charge < -0.3 is 9.34 Å². The molecule has 1 unspecified atom stereocenters. The van der Waals surface area contributed by atoms with Gasteiger partial charge in [-0.05, 0) is 42.0 Å². The van der Waals surface area contributed by atoms with Crippen molar-refractivity contribution in [2.75, 3.05) is 47.0 Å². The Hall–Kier alpha value is -2.67. The summed E-state index contributed by atoms with van der Waals surface area (Å²) < 4.78 is 44.0. The maximum absolute atomic E-state index is 15.5. The van der Waals surface area contributed by atoms with Crippen LogP contribution in [0.4, 0.5) is 11.4 Å². The second kappa shape index (κ2) is 8.93. The van der Waals surface area contributed by atoms with Crippen molar-refractivity contribution in [3.05, 3.63) is 90.8 Å². The summed E-state index contributed by atoms with van der Waals surface area (Å²) in [7, 11) is -6.38. The van der Waals surface area contributed by atoms with E-state index in [0.29, 0.717) is 26.2 Å². The van der Waals surface area contributed by atoms with Crippen molar-refractivity contribution < 1.29 is 13.0 Å². The number of pyridine rings is 1. The minimum Gasteiger partial charge on any atom is -0.304 e. The minimum absolute atomic E-state index is 0.0747. The smallest absolute Gasteiger partial charge is 0.284 e. The molecule has 1 aromatic heterocycles. The van der Waals surface area contributed by atoms with Crippen molar-refractivity contribution in [3.8, 4) is 0 Å². The molecule has 1 atom stereocenters. The molecule has 0 N–H and O–H groups in total. The molecule has 0 bridgehead atoms. The third-order valence-corrected chi connectivity index (χ3v) is 11.5. The van der Waals surface area contributed by atoms with Crippen LogP contribution in [0, 0.1) is 0 Å². The number of anilines is 2. The van der Waals surface area contributed by atoms with Crippen molar-refractivity contribution in [2.24, 2.45) is 0 Å². The molecule has 5 rings (SSSR count). The molecule has 0 spiro atoms. The molecule has 3 aromatic rings. The van der Waals surface area contributed by atoms with E-state index in [1.807, 2.05) is 82.1 Å². The summed E-state index contributed by atoms with van der Waals surface area (Å²) >= 11 is 0. The molecule has 2 aliphatic rings. The average molecular weight is 483 g/mol. The second-order valence-corrected chi connectivity index (χ2v) is 13.3. The molecular formula is C24H27N4O3PS. The SMILES string of the molecule is O=P1(C(c2ccncc2)N2CCS(=O)(=O)CC2)N(c2ccccc2)CCN1c1ccccc1. The van der Waals surface area contributed by atoms with Crippen molar-refractivity contribution >= 4 is 28.7 Å². The number of nitrogens with zero attached hydrogens (tertiary/aromatic N) is 4. The zero-order chi connectivity index (χ0) is 22.9. The summed E-state index contributed by atoms with van der Waals surface area (Å²) in [5.41, 5.74) is 2.70. The standard InChI is InChI=1S/C24H27N4O3PS/c29-32(24(21-11-13-25-14-12-21)26-17-19-33(30,31)20-18-26)27(22-7-3-1-4-8-22)15-16-28(32)23-9-5-2-6-10-23/h1-14,24H,15-20H2. The van der Waals surface area contributed by atoms with Gasteiger partial charge in [0.25, 0.3) is 7.44 Å². The fourth-order valence-corrected chi connectivity index (χ4v) is 9.70. The first-order valence-electron chi connectivity index (χ1n) is 11.1. The van der Waals surface area contributed by atoms with Crippen LogP contribution in [-0.2, 0) is 14.4 Å². The Morgan fingerprint density at radius 1 is 0.727 bits per heavy atom. The van der Waals surface area contributed by atoms with Gasteiger partial charge in [-0.25, -0.2) is 8.42 Å². The predicted molar refractivity (Wildman–Crippen MR) is 132 cm³/mol. The molecule has 7 nitrogen and oxygen atoms in total. The Bertz CT molecular complexity index is 1180. The molecule has 172 valence electrons. The first-order valence-corrected chi connectivity index (χ1v) is 14.6. The topological polar surface area (TPSA) is 73.8 Å². The molecule has 2 fully saturated rings. The highest BCUT2D eigenvalue weighted by molar-refractivity contribution is 7.91. The highest BCUT2D eigenvalue weighted by Crippen LogP contribution is 2.69. The maximum atomic E-state index is 15.5. The largest absolute Gasteiger partial charge is 0.304 e. The fourth-order valence-electron chi connectivity index (χ4n) is 4.78. The van der Waals surface area contributed by atoms with E-state index in [4.69, 9.17) is 0 Å². The molecule has 0 aliphatic carbocycles. The molecule has 2 aliphatic heterocycles. The number of benzene rings is 2. The lowest BCUT2D eigenvalue weighted by atomic mass is 10.2. The maximum Gasteiger partial charge on any atom is 0.284 e. The molecule has 0 amide bonds. The summed E-state index contributed by atoms with van der Waals surface area (Å²) in [4.78, 5) is 6.26. The van der Waals surface area contributed by atoms with E-state index in [9.17, 15) is 8.42 Å². The molecule has 0 saturated carbocycles. The van der Waals surface area contributed by atoms with Gasteiger partial charge in [-0.2, -0.15) is 0 Å². The van der Waals surface area contributed by atoms with Crippen molar-refractivity contribution in [3.63, 3.8) is 0 Å². The Balaban J connectivity index is 1.67. The van der Waals surface area contributed by atoms with E-state index in [-0.39, 0.29) is 11.5 Å². The molecule has 9 heteroatoms. The lowest BCUT2D eigenvalue weighted by Gasteiger charge is -2.44. The summed E-state index contributed by atoms with van der Waals surface area (Å²) in [6.07, 6.45) is 3.43. The normalized spacial score (nSPS) is 21.1. The Kier molecular flexibility index (Phi) is 5.99. The van der Waals surface area contributed by atoms with Gasteiger partial charge in [0.05, 0.1) is 11.5 Å². The molecule has 0 radical (unpaired) electrons. The van der Waals surface area contributed by atoms with Gasteiger partial charge in [-0.1, -0.05) is 36.4 Å². The average Bonchev–Trinajstić information content (AvgIpc) is 3.19. The number of hydrogen-bond donors (Lipinski definition) is 0.